The van der Waals surface area contributed by atoms with Crippen LogP contribution in [0.1, 0.15) is 27.1 Å². The minimum Gasteiger partial charge on any atom is -0.292 e. The second-order valence-corrected chi connectivity index (χ2v) is 10.3. The summed E-state index contributed by atoms with van der Waals surface area (Å²) in [5.74, 6) is -1.86. The second kappa shape index (κ2) is 7.79. The fraction of sp³-hybridized carbons (Fsp3) is 0.308. The number of amides is 3. The van der Waals surface area contributed by atoms with Gasteiger partial charge in [-0.3, -0.25) is 19.2 Å². The fourth-order valence-electron chi connectivity index (χ4n) is 6.02. The van der Waals surface area contributed by atoms with Crippen molar-refractivity contribution in [2.75, 3.05) is 6.54 Å². The van der Waals surface area contributed by atoms with E-state index in [4.69, 9.17) is 23.2 Å². The highest BCUT2D eigenvalue weighted by atomic mass is 35.5. The number of hydrogen-bond donors (Lipinski definition) is 0. The Hall–Kier alpha value is -2.96. The van der Waals surface area contributed by atoms with Crippen molar-refractivity contribution in [3.63, 3.8) is 0 Å². The molecule has 3 fully saturated rings. The number of rotatable bonds is 5. The van der Waals surface area contributed by atoms with Gasteiger partial charge >= 0.3 is 0 Å². The van der Waals surface area contributed by atoms with Crippen LogP contribution >= 0.6 is 23.2 Å². The molecule has 1 saturated heterocycles. The normalized spacial score (nSPS) is 30.2. The van der Waals surface area contributed by atoms with Crippen molar-refractivity contribution >= 4 is 46.7 Å². The molecule has 2 aromatic rings. The van der Waals surface area contributed by atoms with Gasteiger partial charge in [-0.05, 0) is 78.6 Å². The van der Waals surface area contributed by atoms with Gasteiger partial charge in [0.25, 0.3) is 17.7 Å². The molecule has 2 bridgehead atoms. The Morgan fingerprint density at radius 2 is 1.26 bits per heavy atom. The van der Waals surface area contributed by atoms with Gasteiger partial charge in [-0.25, -0.2) is 5.01 Å². The van der Waals surface area contributed by atoms with Gasteiger partial charge < -0.3 is 0 Å². The van der Waals surface area contributed by atoms with Gasteiger partial charge in [0.05, 0.1) is 11.8 Å². The number of hydrogen-bond acceptors (Lipinski definition) is 4. The van der Waals surface area contributed by atoms with Crippen LogP contribution in [0.3, 0.4) is 0 Å². The number of halogens is 2. The number of carbonyl (C=O) groups excluding carboxylic acids is 4. The third-order valence-corrected chi connectivity index (χ3v) is 8.17. The molecule has 1 aliphatic heterocycles. The average Bonchev–Trinajstić information content (AvgIpc) is 3.62. The number of Topliss-reactive ketones (excluding diaryl/α,β-unsaturated/α-hetero) is 1. The van der Waals surface area contributed by atoms with Crippen molar-refractivity contribution in [2.45, 2.75) is 6.42 Å². The lowest BCUT2D eigenvalue weighted by molar-refractivity contribution is -0.154. The van der Waals surface area contributed by atoms with Crippen molar-refractivity contribution in [3.05, 3.63) is 81.9 Å². The predicted octanol–water partition coefficient (Wildman–Crippen LogP) is 4.29. The molecule has 34 heavy (non-hydrogen) atoms. The Bertz CT molecular complexity index is 1220. The number of imide groups is 1. The number of hydrazine groups is 1. The van der Waals surface area contributed by atoms with Crippen molar-refractivity contribution < 1.29 is 19.2 Å². The van der Waals surface area contributed by atoms with Gasteiger partial charge in [-0.15, -0.1) is 0 Å². The minimum absolute atomic E-state index is 0.0147. The molecule has 2 aromatic carbocycles. The first-order chi connectivity index (χ1) is 16.3. The zero-order valence-electron chi connectivity index (χ0n) is 17.9. The van der Waals surface area contributed by atoms with E-state index in [1.54, 1.807) is 36.4 Å². The highest BCUT2D eigenvalue weighted by molar-refractivity contribution is 6.31. The van der Waals surface area contributed by atoms with E-state index in [-0.39, 0.29) is 17.4 Å². The standard InChI is InChI=1S/C26H20Cl2N2O4/c27-15-5-1-13(2-6-15)21(31)12-29(24(32)14-3-7-16(28)8-4-14)30-25(33)22-17-9-10-18(20-11-19(17)20)23(22)26(30)34/h1-10,17-20,22-23H,11-12H2/t17-,18-,19-,20+,22+,23+/m0/s1. The van der Waals surface area contributed by atoms with Crippen LogP contribution in [0.4, 0.5) is 0 Å². The van der Waals surface area contributed by atoms with Crippen LogP contribution in [0.2, 0.25) is 10.0 Å². The van der Waals surface area contributed by atoms with Gasteiger partial charge in [-0.2, -0.15) is 5.01 Å². The average molecular weight is 495 g/mol. The van der Waals surface area contributed by atoms with Gasteiger partial charge in [0, 0.05) is 21.2 Å². The van der Waals surface area contributed by atoms with Crippen LogP contribution in [0.15, 0.2) is 60.7 Å². The van der Waals surface area contributed by atoms with E-state index in [0.29, 0.717) is 27.4 Å². The molecule has 7 rings (SSSR count). The maximum absolute atomic E-state index is 13.6. The van der Waals surface area contributed by atoms with E-state index >= 15 is 0 Å². The largest absolute Gasteiger partial charge is 0.292 e. The summed E-state index contributed by atoms with van der Waals surface area (Å²) in [6.07, 6.45) is 5.18. The molecule has 0 radical (unpaired) electrons. The molecule has 0 unspecified atom stereocenters. The van der Waals surface area contributed by atoms with E-state index in [1.807, 2.05) is 0 Å². The van der Waals surface area contributed by atoms with Gasteiger partial charge in [0.2, 0.25) is 0 Å². The Labute approximate surface area is 206 Å². The first-order valence-electron chi connectivity index (χ1n) is 11.3. The maximum Gasteiger partial charge on any atom is 0.273 e. The number of benzene rings is 2. The third-order valence-electron chi connectivity index (χ3n) is 7.67. The minimum atomic E-state index is -0.607. The lowest BCUT2D eigenvalue weighted by Gasteiger charge is -2.37. The summed E-state index contributed by atoms with van der Waals surface area (Å²) < 4.78 is 0. The zero-order chi connectivity index (χ0) is 23.7. The predicted molar refractivity (Wildman–Crippen MR) is 125 cm³/mol. The van der Waals surface area contributed by atoms with E-state index in [9.17, 15) is 19.2 Å². The topological polar surface area (TPSA) is 74.8 Å². The van der Waals surface area contributed by atoms with Crippen molar-refractivity contribution in [2.24, 2.45) is 35.5 Å². The Kier molecular flexibility index (Phi) is 4.94. The van der Waals surface area contributed by atoms with Crippen LogP contribution in [-0.2, 0) is 9.59 Å². The number of ketones is 1. The van der Waals surface area contributed by atoms with E-state index in [2.05, 4.69) is 12.2 Å². The van der Waals surface area contributed by atoms with Crippen LogP contribution < -0.4 is 0 Å². The van der Waals surface area contributed by atoms with E-state index in [1.165, 1.54) is 12.1 Å². The van der Waals surface area contributed by atoms with Gasteiger partial charge in [0.1, 0.15) is 6.54 Å². The van der Waals surface area contributed by atoms with Crippen LogP contribution in [0.25, 0.3) is 0 Å². The first-order valence-corrected chi connectivity index (χ1v) is 12.0. The molecule has 6 atom stereocenters. The molecule has 0 aromatic heterocycles. The highest BCUT2D eigenvalue weighted by Gasteiger charge is 2.68. The molecule has 172 valence electrons. The number of carbonyl (C=O) groups is 4. The van der Waals surface area contributed by atoms with E-state index in [0.717, 1.165) is 16.4 Å². The summed E-state index contributed by atoms with van der Waals surface area (Å²) in [7, 11) is 0. The molecule has 5 aliphatic rings. The first kappa shape index (κ1) is 21.6. The lowest BCUT2D eigenvalue weighted by Crippen LogP contribution is -2.52. The third kappa shape index (κ3) is 3.23. The summed E-state index contributed by atoms with van der Waals surface area (Å²) in [4.78, 5) is 53.9. The van der Waals surface area contributed by atoms with Crippen molar-refractivity contribution in [1.82, 2.24) is 10.0 Å². The Morgan fingerprint density at radius 3 is 1.76 bits per heavy atom. The molecular weight excluding hydrogens is 475 g/mol. The molecule has 0 spiro atoms. The zero-order valence-corrected chi connectivity index (χ0v) is 19.4. The van der Waals surface area contributed by atoms with Crippen LogP contribution in [0, 0.1) is 35.5 Å². The summed E-state index contributed by atoms with van der Waals surface area (Å²) in [6.45, 7) is -0.449. The number of nitrogens with zero attached hydrogens (tertiary/aromatic N) is 2. The highest BCUT2D eigenvalue weighted by Crippen LogP contribution is 2.65. The number of allylic oxidation sites excluding steroid dienone is 2. The Morgan fingerprint density at radius 1 is 0.794 bits per heavy atom. The molecule has 2 saturated carbocycles. The quantitative estimate of drug-likeness (QED) is 0.353. The summed E-state index contributed by atoms with van der Waals surface area (Å²) in [5.41, 5.74) is 0.561. The van der Waals surface area contributed by atoms with Gasteiger partial charge in [-0.1, -0.05) is 35.4 Å². The summed E-state index contributed by atoms with van der Waals surface area (Å²) >= 11 is 11.9. The lowest BCUT2D eigenvalue weighted by atomic mass is 9.63. The summed E-state index contributed by atoms with van der Waals surface area (Å²) in [5, 5.41) is 2.87. The molecule has 8 heteroatoms. The molecule has 3 amide bonds. The van der Waals surface area contributed by atoms with Crippen LogP contribution in [-0.4, -0.2) is 40.1 Å². The Balaban J connectivity index is 1.36. The van der Waals surface area contributed by atoms with E-state index < -0.39 is 41.9 Å². The monoisotopic (exact) mass is 494 g/mol. The SMILES string of the molecule is O=C(CN(C(=O)c1ccc(Cl)cc1)N1C(=O)[C@@H]2[C@H]3C=C[C@@H]([C@@H]4C[C@H]34)[C@H]2C1=O)c1ccc(Cl)cc1. The molecule has 6 nitrogen and oxygen atoms in total. The van der Waals surface area contributed by atoms with Crippen molar-refractivity contribution in [3.8, 4) is 0 Å². The molecule has 4 aliphatic carbocycles. The summed E-state index contributed by atoms with van der Waals surface area (Å²) in [6, 6.07) is 12.4. The smallest absolute Gasteiger partial charge is 0.273 e. The molecule has 0 N–H and O–H groups in total. The fourth-order valence-corrected chi connectivity index (χ4v) is 6.27. The molecular formula is C26H20Cl2N2O4. The molecule has 1 heterocycles. The second-order valence-electron chi connectivity index (χ2n) is 9.44. The maximum atomic E-state index is 13.6. The van der Waals surface area contributed by atoms with Gasteiger partial charge in [0.15, 0.2) is 5.78 Å². The van der Waals surface area contributed by atoms with Crippen molar-refractivity contribution in [1.29, 1.82) is 0 Å². The van der Waals surface area contributed by atoms with Crippen LogP contribution in [0.5, 0.6) is 0 Å².